The summed E-state index contributed by atoms with van der Waals surface area (Å²) in [5, 5.41) is 11.9. The summed E-state index contributed by atoms with van der Waals surface area (Å²) in [6.45, 7) is 9.11. The highest BCUT2D eigenvalue weighted by Crippen LogP contribution is 2.11. The van der Waals surface area contributed by atoms with Crippen molar-refractivity contribution < 1.29 is 9.90 Å². The number of hydrogen-bond acceptors (Lipinski definition) is 3. The van der Waals surface area contributed by atoms with E-state index in [-0.39, 0.29) is 0 Å². The second-order valence-electron chi connectivity index (χ2n) is 5.94. The predicted molar refractivity (Wildman–Crippen MR) is 98.7 cm³/mol. The van der Waals surface area contributed by atoms with Crippen LogP contribution in [0.25, 0.3) is 0 Å². The van der Waals surface area contributed by atoms with E-state index >= 15 is 0 Å². The lowest BCUT2D eigenvalue weighted by Crippen LogP contribution is -2.38. The van der Waals surface area contributed by atoms with Crippen LogP contribution in [-0.4, -0.2) is 29.4 Å². The molecule has 4 heteroatoms. The first-order valence-corrected chi connectivity index (χ1v) is 8.51. The summed E-state index contributed by atoms with van der Waals surface area (Å²) < 4.78 is 0. The standard InChI is InChI=1S/C18H31NO2S/c1-14(2)7-5-8-15(3)9-6-10-16(4)11-12-19-17(13-22)18(20)21/h7,9,11,17,19,22H,5-6,8,10,12-13H2,1-4H3,(H,20,21)/b15-9-,16-11-/t17-/m0/s1. The number of thiol groups is 1. The molecular weight excluding hydrogens is 294 g/mol. The van der Waals surface area contributed by atoms with Crippen molar-refractivity contribution in [1.82, 2.24) is 5.32 Å². The van der Waals surface area contributed by atoms with E-state index < -0.39 is 12.0 Å². The van der Waals surface area contributed by atoms with E-state index in [0.717, 1.165) is 25.7 Å². The molecule has 126 valence electrons. The van der Waals surface area contributed by atoms with Crippen LogP contribution in [0.3, 0.4) is 0 Å². The molecule has 0 aliphatic rings. The number of aliphatic carboxylic acids is 1. The molecule has 0 bridgehead atoms. The Morgan fingerprint density at radius 3 is 2.09 bits per heavy atom. The van der Waals surface area contributed by atoms with Crippen molar-refractivity contribution >= 4 is 18.6 Å². The third kappa shape index (κ3) is 11.6. The van der Waals surface area contributed by atoms with Crippen molar-refractivity contribution in [3.8, 4) is 0 Å². The normalized spacial score (nSPS) is 13.9. The Kier molecular flexibility index (Phi) is 12.0. The average molecular weight is 326 g/mol. The Bertz CT molecular complexity index is 421. The first kappa shape index (κ1) is 21.0. The van der Waals surface area contributed by atoms with E-state index in [1.165, 1.54) is 16.7 Å². The van der Waals surface area contributed by atoms with Gasteiger partial charge >= 0.3 is 5.97 Å². The van der Waals surface area contributed by atoms with Gasteiger partial charge < -0.3 is 10.4 Å². The third-order valence-corrected chi connectivity index (χ3v) is 3.78. The minimum atomic E-state index is -0.851. The lowest BCUT2D eigenvalue weighted by Gasteiger charge is -2.10. The van der Waals surface area contributed by atoms with Crippen LogP contribution in [-0.2, 0) is 4.79 Å². The monoisotopic (exact) mass is 325 g/mol. The molecule has 0 aromatic heterocycles. The zero-order valence-corrected chi connectivity index (χ0v) is 15.2. The first-order valence-electron chi connectivity index (χ1n) is 7.88. The molecule has 0 radical (unpaired) electrons. The molecule has 0 aliphatic carbocycles. The van der Waals surface area contributed by atoms with E-state index in [2.05, 4.69) is 63.9 Å². The molecule has 0 saturated carbocycles. The Labute approximate surface area is 141 Å². The van der Waals surface area contributed by atoms with Gasteiger partial charge in [0.25, 0.3) is 0 Å². The Balaban J connectivity index is 4.01. The quantitative estimate of drug-likeness (QED) is 0.390. The van der Waals surface area contributed by atoms with E-state index in [0.29, 0.717) is 12.3 Å². The van der Waals surface area contributed by atoms with Gasteiger partial charge in [-0.3, -0.25) is 4.79 Å². The largest absolute Gasteiger partial charge is 0.480 e. The fourth-order valence-electron chi connectivity index (χ4n) is 1.94. The van der Waals surface area contributed by atoms with Crippen LogP contribution in [0.15, 0.2) is 34.9 Å². The smallest absolute Gasteiger partial charge is 0.321 e. The molecule has 22 heavy (non-hydrogen) atoms. The van der Waals surface area contributed by atoms with E-state index in [4.69, 9.17) is 5.11 Å². The van der Waals surface area contributed by atoms with Gasteiger partial charge in [0.2, 0.25) is 0 Å². The van der Waals surface area contributed by atoms with Crippen molar-refractivity contribution in [1.29, 1.82) is 0 Å². The molecule has 0 unspecified atom stereocenters. The molecule has 1 atom stereocenters. The minimum Gasteiger partial charge on any atom is -0.480 e. The average Bonchev–Trinajstić information content (AvgIpc) is 2.42. The fraction of sp³-hybridized carbons (Fsp3) is 0.611. The summed E-state index contributed by atoms with van der Waals surface area (Å²) in [7, 11) is 0. The highest BCUT2D eigenvalue weighted by atomic mass is 32.1. The topological polar surface area (TPSA) is 49.3 Å². The number of carboxylic acids is 1. The molecule has 2 N–H and O–H groups in total. The zero-order chi connectivity index (χ0) is 17.0. The molecule has 0 heterocycles. The maximum absolute atomic E-state index is 10.8. The van der Waals surface area contributed by atoms with Crippen LogP contribution in [0.4, 0.5) is 0 Å². The maximum Gasteiger partial charge on any atom is 0.321 e. The Morgan fingerprint density at radius 2 is 1.59 bits per heavy atom. The fourth-order valence-corrected chi connectivity index (χ4v) is 2.23. The second-order valence-corrected chi connectivity index (χ2v) is 6.31. The molecule has 0 spiro atoms. The summed E-state index contributed by atoms with van der Waals surface area (Å²) in [6, 6.07) is -0.579. The molecule has 0 amide bonds. The van der Waals surface area contributed by atoms with Crippen molar-refractivity contribution in [2.75, 3.05) is 12.3 Å². The highest BCUT2D eigenvalue weighted by molar-refractivity contribution is 7.80. The van der Waals surface area contributed by atoms with Crippen LogP contribution < -0.4 is 5.32 Å². The lowest BCUT2D eigenvalue weighted by molar-refractivity contribution is -0.138. The molecule has 0 saturated heterocycles. The Hall–Kier alpha value is -1.00. The van der Waals surface area contributed by atoms with Gasteiger partial charge in [0.15, 0.2) is 0 Å². The zero-order valence-electron chi connectivity index (χ0n) is 14.4. The van der Waals surface area contributed by atoms with Gasteiger partial charge in [0.1, 0.15) is 6.04 Å². The first-order chi connectivity index (χ1) is 10.4. The maximum atomic E-state index is 10.8. The van der Waals surface area contributed by atoms with Gasteiger partial charge in [0.05, 0.1) is 0 Å². The number of allylic oxidation sites excluding steroid dienone is 5. The van der Waals surface area contributed by atoms with Crippen LogP contribution >= 0.6 is 12.6 Å². The summed E-state index contributed by atoms with van der Waals surface area (Å²) in [6.07, 6.45) is 10.9. The Morgan fingerprint density at radius 1 is 1.05 bits per heavy atom. The van der Waals surface area contributed by atoms with Crippen molar-refractivity contribution in [3.63, 3.8) is 0 Å². The summed E-state index contributed by atoms with van der Waals surface area (Å²) >= 11 is 4.02. The number of rotatable bonds is 11. The molecule has 3 nitrogen and oxygen atoms in total. The number of nitrogens with one attached hydrogen (secondary N) is 1. The van der Waals surface area contributed by atoms with E-state index in [1.54, 1.807) is 0 Å². The van der Waals surface area contributed by atoms with Crippen LogP contribution in [0.2, 0.25) is 0 Å². The molecule has 0 rings (SSSR count). The van der Waals surface area contributed by atoms with E-state index in [9.17, 15) is 4.79 Å². The van der Waals surface area contributed by atoms with Gasteiger partial charge in [-0.25, -0.2) is 0 Å². The van der Waals surface area contributed by atoms with Gasteiger partial charge in [-0.1, -0.05) is 34.9 Å². The van der Waals surface area contributed by atoms with Gasteiger partial charge in [-0.15, -0.1) is 0 Å². The number of hydrogen-bond donors (Lipinski definition) is 3. The van der Waals surface area contributed by atoms with Gasteiger partial charge in [0, 0.05) is 12.3 Å². The van der Waals surface area contributed by atoms with Crippen molar-refractivity contribution in [2.45, 2.75) is 59.4 Å². The number of carbonyl (C=O) groups is 1. The third-order valence-electron chi connectivity index (χ3n) is 3.42. The predicted octanol–water partition coefficient (Wildman–Crippen LogP) is 4.38. The highest BCUT2D eigenvalue weighted by Gasteiger charge is 2.12. The summed E-state index contributed by atoms with van der Waals surface area (Å²) in [4.78, 5) is 10.8. The molecule has 0 aromatic rings. The van der Waals surface area contributed by atoms with Crippen molar-refractivity contribution in [2.24, 2.45) is 0 Å². The number of carboxylic acid groups (broad SMARTS) is 1. The minimum absolute atomic E-state index is 0.301. The summed E-state index contributed by atoms with van der Waals surface area (Å²) in [5.74, 6) is -0.550. The molecular formula is C18H31NO2S. The molecule has 0 fully saturated rings. The lowest BCUT2D eigenvalue weighted by atomic mass is 10.1. The van der Waals surface area contributed by atoms with Gasteiger partial charge in [-0.05, 0) is 53.4 Å². The van der Waals surface area contributed by atoms with Crippen LogP contribution in [0.5, 0.6) is 0 Å². The molecule has 0 aliphatic heterocycles. The van der Waals surface area contributed by atoms with E-state index in [1.807, 2.05) is 0 Å². The molecule has 0 aromatic carbocycles. The van der Waals surface area contributed by atoms with Crippen molar-refractivity contribution in [3.05, 3.63) is 34.9 Å². The van der Waals surface area contributed by atoms with Gasteiger partial charge in [-0.2, -0.15) is 12.6 Å². The SMILES string of the molecule is CC(C)=CCC/C(C)=C\CC/C(C)=C\CN[C@@H](CS)C(=O)O. The van der Waals surface area contributed by atoms with Crippen LogP contribution in [0.1, 0.15) is 53.4 Å². The summed E-state index contributed by atoms with van der Waals surface area (Å²) in [5.41, 5.74) is 4.09. The van der Waals surface area contributed by atoms with Crippen LogP contribution in [0, 0.1) is 0 Å². The second kappa shape index (κ2) is 12.5.